The Morgan fingerprint density at radius 3 is 2.18 bits per heavy atom. The molecule has 0 saturated carbocycles. The van der Waals surface area contributed by atoms with Crippen LogP contribution in [0.2, 0.25) is 0 Å². The van der Waals surface area contributed by atoms with Gasteiger partial charge in [0, 0.05) is 24.1 Å². The number of benzene rings is 1. The third kappa shape index (κ3) is 3.75. The van der Waals surface area contributed by atoms with Gasteiger partial charge in [-0.25, -0.2) is 0 Å². The van der Waals surface area contributed by atoms with Gasteiger partial charge in [-0.2, -0.15) is 0 Å². The molecule has 0 bridgehead atoms. The van der Waals surface area contributed by atoms with Crippen molar-refractivity contribution in [1.82, 2.24) is 0 Å². The van der Waals surface area contributed by atoms with Gasteiger partial charge in [-0.3, -0.25) is 24.5 Å². The average Bonchev–Trinajstić information content (AvgIpc) is 2.47. The van der Waals surface area contributed by atoms with Crippen LogP contribution in [0, 0.1) is 15.5 Å². The quantitative estimate of drug-likeness (QED) is 0.252. The minimum Gasteiger partial charge on any atom is -0.465 e. The zero-order valence-corrected chi connectivity index (χ0v) is 12.6. The molecule has 0 radical (unpaired) electrons. The van der Waals surface area contributed by atoms with Crippen LogP contribution in [-0.2, 0) is 14.3 Å². The maximum Gasteiger partial charge on any atom is 0.319 e. The molecular weight excluding hydrogens is 290 g/mol. The number of nitro groups is 1. The van der Waals surface area contributed by atoms with E-state index in [-0.39, 0.29) is 24.3 Å². The minimum atomic E-state index is -1.56. The molecule has 0 fully saturated rings. The fourth-order valence-electron chi connectivity index (χ4n) is 1.82. The van der Waals surface area contributed by atoms with E-state index in [0.717, 1.165) is 0 Å². The maximum absolute atomic E-state index is 12.2. The summed E-state index contributed by atoms with van der Waals surface area (Å²) in [5.41, 5.74) is -1.51. The zero-order valence-electron chi connectivity index (χ0n) is 12.6. The van der Waals surface area contributed by atoms with E-state index >= 15 is 0 Å². The molecule has 0 aromatic heterocycles. The van der Waals surface area contributed by atoms with Gasteiger partial charge in [0.05, 0.1) is 11.5 Å². The lowest BCUT2D eigenvalue weighted by atomic mass is 9.80. The second-order valence-electron chi connectivity index (χ2n) is 5.01. The van der Waals surface area contributed by atoms with E-state index in [4.69, 9.17) is 4.74 Å². The number of hydrogen-bond donors (Lipinski definition) is 0. The summed E-state index contributed by atoms with van der Waals surface area (Å²) in [5.74, 6) is -1.68. The minimum absolute atomic E-state index is 0.105. The Kier molecular flexibility index (Phi) is 5.50. The normalized spacial score (nSPS) is 13.0. The molecule has 0 N–H and O–H groups in total. The third-order valence-electron chi connectivity index (χ3n) is 3.42. The highest BCUT2D eigenvalue weighted by molar-refractivity contribution is 6.08. The van der Waals surface area contributed by atoms with Crippen LogP contribution in [0.15, 0.2) is 24.3 Å². The molecule has 0 unspecified atom stereocenters. The van der Waals surface area contributed by atoms with Crippen LogP contribution in [0.3, 0.4) is 0 Å². The molecule has 0 spiro atoms. The van der Waals surface area contributed by atoms with Crippen LogP contribution in [0.1, 0.15) is 37.6 Å². The van der Waals surface area contributed by atoms with Gasteiger partial charge >= 0.3 is 5.97 Å². The van der Waals surface area contributed by atoms with Crippen molar-refractivity contribution in [1.29, 1.82) is 0 Å². The van der Waals surface area contributed by atoms with Gasteiger partial charge in [-0.05, 0) is 32.9 Å². The molecule has 1 rings (SSSR count). The molecule has 0 saturated heterocycles. The summed E-state index contributed by atoms with van der Waals surface area (Å²) in [6.45, 7) is 4.29. The SMILES string of the molecule is CCOC(=O)[C@](C)(CC(=O)c1ccc([N+](=O)[O-])cc1)C(C)=O. The van der Waals surface area contributed by atoms with E-state index < -0.39 is 27.9 Å². The van der Waals surface area contributed by atoms with Crippen molar-refractivity contribution < 1.29 is 24.0 Å². The van der Waals surface area contributed by atoms with Gasteiger partial charge in [0.15, 0.2) is 5.78 Å². The fourth-order valence-corrected chi connectivity index (χ4v) is 1.82. The van der Waals surface area contributed by atoms with Crippen molar-refractivity contribution in [3.05, 3.63) is 39.9 Å². The smallest absolute Gasteiger partial charge is 0.319 e. The highest BCUT2D eigenvalue weighted by atomic mass is 16.6. The number of carbonyl (C=O) groups is 3. The lowest BCUT2D eigenvalue weighted by molar-refractivity contribution is -0.384. The van der Waals surface area contributed by atoms with E-state index in [1.807, 2.05) is 0 Å². The van der Waals surface area contributed by atoms with Crippen LogP contribution < -0.4 is 0 Å². The summed E-state index contributed by atoms with van der Waals surface area (Å²) in [7, 11) is 0. The molecule has 22 heavy (non-hydrogen) atoms. The molecular formula is C15H17NO6. The summed E-state index contributed by atoms with van der Waals surface area (Å²) >= 11 is 0. The molecule has 1 aromatic carbocycles. The number of non-ortho nitro benzene ring substituents is 1. The first kappa shape index (κ1) is 17.5. The number of nitrogens with zero attached hydrogens (tertiary/aromatic N) is 1. The fraction of sp³-hybridized carbons (Fsp3) is 0.400. The van der Waals surface area contributed by atoms with Gasteiger partial charge in [-0.1, -0.05) is 0 Å². The highest BCUT2D eigenvalue weighted by Gasteiger charge is 2.42. The summed E-state index contributed by atoms with van der Waals surface area (Å²) in [6, 6.07) is 4.99. The molecule has 7 heteroatoms. The number of ether oxygens (including phenoxy) is 1. The molecule has 7 nitrogen and oxygen atoms in total. The molecule has 0 aliphatic heterocycles. The number of nitro benzene ring substituents is 1. The number of hydrogen-bond acceptors (Lipinski definition) is 6. The number of Topliss-reactive ketones (excluding diaryl/α,β-unsaturated/α-hetero) is 2. The maximum atomic E-state index is 12.2. The van der Waals surface area contributed by atoms with Crippen molar-refractivity contribution in [2.45, 2.75) is 27.2 Å². The predicted octanol–water partition coefficient (Wildman–Crippen LogP) is 2.33. The lowest BCUT2D eigenvalue weighted by Crippen LogP contribution is -2.38. The van der Waals surface area contributed by atoms with Crippen molar-refractivity contribution in [3.8, 4) is 0 Å². The van der Waals surface area contributed by atoms with E-state index in [1.54, 1.807) is 6.92 Å². The molecule has 1 aromatic rings. The Balaban J connectivity index is 2.99. The summed E-state index contributed by atoms with van der Waals surface area (Å²) in [5, 5.41) is 10.6. The van der Waals surface area contributed by atoms with Crippen molar-refractivity contribution >= 4 is 23.2 Å². The Morgan fingerprint density at radius 2 is 1.77 bits per heavy atom. The predicted molar refractivity (Wildman–Crippen MR) is 77.5 cm³/mol. The first-order chi connectivity index (χ1) is 10.2. The number of ketones is 2. The van der Waals surface area contributed by atoms with Crippen LogP contribution >= 0.6 is 0 Å². The Hall–Kier alpha value is -2.57. The van der Waals surface area contributed by atoms with Crippen LogP contribution in [0.4, 0.5) is 5.69 Å². The highest BCUT2D eigenvalue weighted by Crippen LogP contribution is 2.27. The zero-order chi connectivity index (χ0) is 16.9. The van der Waals surface area contributed by atoms with Crippen molar-refractivity contribution in [2.75, 3.05) is 6.61 Å². The standard InChI is InChI=1S/C15H17NO6/c1-4-22-14(19)15(3,10(2)17)9-13(18)11-5-7-12(8-6-11)16(20)21/h5-8H,4,9H2,1-3H3/t15-/m1/s1. The molecule has 0 aliphatic carbocycles. The molecule has 0 amide bonds. The van der Waals surface area contributed by atoms with Crippen LogP contribution in [0.5, 0.6) is 0 Å². The second kappa shape index (κ2) is 6.93. The second-order valence-corrected chi connectivity index (χ2v) is 5.01. The summed E-state index contributed by atoms with van der Waals surface area (Å²) in [6.07, 6.45) is -0.348. The molecule has 1 atom stereocenters. The number of rotatable bonds is 7. The van der Waals surface area contributed by atoms with Gasteiger partial charge < -0.3 is 4.74 Å². The Bertz CT molecular complexity index is 607. The van der Waals surface area contributed by atoms with Gasteiger partial charge in [-0.15, -0.1) is 0 Å². The first-order valence-corrected chi connectivity index (χ1v) is 6.68. The largest absolute Gasteiger partial charge is 0.465 e. The van der Waals surface area contributed by atoms with E-state index in [9.17, 15) is 24.5 Å². The van der Waals surface area contributed by atoms with Gasteiger partial charge in [0.25, 0.3) is 5.69 Å². The van der Waals surface area contributed by atoms with Crippen LogP contribution in [0.25, 0.3) is 0 Å². The van der Waals surface area contributed by atoms with Crippen LogP contribution in [-0.4, -0.2) is 29.1 Å². The Labute approximate surface area is 127 Å². The van der Waals surface area contributed by atoms with Gasteiger partial charge in [0.1, 0.15) is 11.2 Å². The average molecular weight is 307 g/mol. The topological polar surface area (TPSA) is 104 Å². The molecule has 0 heterocycles. The molecule has 118 valence electrons. The van der Waals surface area contributed by atoms with Crippen molar-refractivity contribution in [3.63, 3.8) is 0 Å². The summed E-state index contributed by atoms with van der Waals surface area (Å²) in [4.78, 5) is 45.9. The lowest BCUT2D eigenvalue weighted by Gasteiger charge is -2.23. The summed E-state index contributed by atoms with van der Waals surface area (Å²) < 4.78 is 4.85. The first-order valence-electron chi connectivity index (χ1n) is 6.68. The Morgan fingerprint density at radius 1 is 1.23 bits per heavy atom. The number of esters is 1. The van der Waals surface area contributed by atoms with E-state index in [2.05, 4.69) is 0 Å². The number of carbonyl (C=O) groups excluding carboxylic acids is 3. The van der Waals surface area contributed by atoms with Gasteiger partial charge in [0.2, 0.25) is 0 Å². The molecule has 0 aliphatic rings. The third-order valence-corrected chi connectivity index (χ3v) is 3.42. The van der Waals surface area contributed by atoms with Crippen molar-refractivity contribution in [2.24, 2.45) is 5.41 Å². The van der Waals surface area contributed by atoms with E-state index in [1.165, 1.54) is 38.1 Å². The monoisotopic (exact) mass is 307 g/mol. The van der Waals surface area contributed by atoms with E-state index in [0.29, 0.717) is 0 Å².